The van der Waals surface area contributed by atoms with Crippen molar-refractivity contribution in [1.29, 1.82) is 0 Å². The molecule has 0 aromatic carbocycles. The van der Waals surface area contributed by atoms with E-state index in [1.165, 1.54) is 11.8 Å². The van der Waals surface area contributed by atoms with Crippen molar-refractivity contribution in [3.8, 4) is 0 Å². The highest BCUT2D eigenvalue weighted by molar-refractivity contribution is 7.99. The number of carboxylic acids is 1. The van der Waals surface area contributed by atoms with E-state index in [1.807, 2.05) is 27.0 Å². The third kappa shape index (κ3) is 4.30. The van der Waals surface area contributed by atoms with Gasteiger partial charge in [-0.1, -0.05) is 6.92 Å². The summed E-state index contributed by atoms with van der Waals surface area (Å²) in [5.74, 6) is -1.31. The Morgan fingerprint density at radius 2 is 2.00 bits per heavy atom. The molecule has 1 saturated heterocycles. The lowest BCUT2D eigenvalue weighted by molar-refractivity contribution is -0.141. The minimum Gasteiger partial charge on any atom is -0.481 e. The lowest BCUT2D eigenvalue weighted by Gasteiger charge is -2.34. The highest BCUT2D eigenvalue weighted by Gasteiger charge is 2.40. The quantitative estimate of drug-likeness (QED) is 0.865. The fourth-order valence-electron chi connectivity index (χ4n) is 2.52. The van der Waals surface area contributed by atoms with Crippen molar-refractivity contribution in [2.24, 2.45) is 5.92 Å². The Labute approximate surface area is 125 Å². The van der Waals surface area contributed by atoms with Crippen LogP contribution in [0.4, 0.5) is 4.79 Å². The number of ether oxygens (including phenoxy) is 1. The van der Waals surface area contributed by atoms with Gasteiger partial charge in [0.1, 0.15) is 5.60 Å². The Morgan fingerprint density at radius 1 is 1.40 bits per heavy atom. The SMILES string of the molecule is CSC([C@@H](C)C(=O)O)[C@@H]1CCCN1C(=O)OC(C)(C)C. The van der Waals surface area contributed by atoms with Crippen molar-refractivity contribution >= 4 is 23.8 Å². The van der Waals surface area contributed by atoms with E-state index in [9.17, 15) is 14.7 Å². The number of amides is 1. The van der Waals surface area contributed by atoms with E-state index in [0.29, 0.717) is 6.54 Å². The molecule has 0 aromatic rings. The molecule has 1 unspecified atom stereocenters. The number of carbonyl (C=O) groups is 2. The Hall–Kier alpha value is -0.910. The highest BCUT2D eigenvalue weighted by atomic mass is 32.2. The largest absolute Gasteiger partial charge is 0.481 e. The summed E-state index contributed by atoms with van der Waals surface area (Å²) in [4.78, 5) is 25.1. The summed E-state index contributed by atoms with van der Waals surface area (Å²) in [6.45, 7) is 7.85. The molecule has 116 valence electrons. The number of aliphatic carboxylic acids is 1. The predicted molar refractivity (Wildman–Crippen MR) is 80.1 cm³/mol. The molecule has 1 rings (SSSR count). The van der Waals surface area contributed by atoms with Crippen LogP contribution in [0.15, 0.2) is 0 Å². The van der Waals surface area contributed by atoms with Crippen LogP contribution in [0.5, 0.6) is 0 Å². The van der Waals surface area contributed by atoms with Gasteiger partial charge in [0.05, 0.1) is 5.92 Å². The lowest BCUT2D eigenvalue weighted by Crippen LogP contribution is -2.47. The molecule has 1 N–H and O–H groups in total. The molecule has 1 aliphatic rings. The number of likely N-dealkylation sites (tertiary alicyclic amines) is 1. The number of carbonyl (C=O) groups excluding carboxylic acids is 1. The summed E-state index contributed by atoms with van der Waals surface area (Å²) < 4.78 is 5.42. The van der Waals surface area contributed by atoms with Crippen molar-refractivity contribution in [2.75, 3.05) is 12.8 Å². The van der Waals surface area contributed by atoms with Crippen LogP contribution in [-0.2, 0) is 9.53 Å². The molecule has 20 heavy (non-hydrogen) atoms. The van der Waals surface area contributed by atoms with Gasteiger partial charge >= 0.3 is 12.1 Å². The fourth-order valence-corrected chi connectivity index (χ4v) is 3.64. The lowest BCUT2D eigenvalue weighted by atomic mass is 9.99. The fraction of sp³-hybridized carbons (Fsp3) is 0.857. The van der Waals surface area contributed by atoms with Crippen LogP contribution in [0.3, 0.4) is 0 Å². The van der Waals surface area contributed by atoms with Gasteiger partial charge in [-0.2, -0.15) is 11.8 Å². The molecular weight excluding hydrogens is 278 g/mol. The molecular formula is C14H25NO4S. The molecule has 0 spiro atoms. The van der Waals surface area contributed by atoms with Gasteiger partial charge in [-0.05, 0) is 39.9 Å². The average Bonchev–Trinajstić information content (AvgIpc) is 2.76. The number of carboxylic acid groups (broad SMARTS) is 1. The minimum absolute atomic E-state index is 0.0639. The van der Waals surface area contributed by atoms with Crippen LogP contribution in [0.25, 0.3) is 0 Å². The van der Waals surface area contributed by atoms with E-state index in [4.69, 9.17) is 4.74 Å². The summed E-state index contributed by atoms with van der Waals surface area (Å²) >= 11 is 1.51. The Morgan fingerprint density at radius 3 is 2.45 bits per heavy atom. The first kappa shape index (κ1) is 17.1. The normalized spacial score (nSPS) is 22.4. The second-order valence-electron chi connectivity index (χ2n) is 6.21. The zero-order valence-electron chi connectivity index (χ0n) is 12.9. The van der Waals surface area contributed by atoms with Crippen LogP contribution in [-0.4, -0.2) is 51.8 Å². The maximum Gasteiger partial charge on any atom is 0.410 e. The van der Waals surface area contributed by atoms with Gasteiger partial charge in [-0.25, -0.2) is 4.79 Å². The standard InChI is InChI=1S/C14H25NO4S/c1-9(12(16)17)11(20-5)10-7-6-8-15(10)13(18)19-14(2,3)4/h9-11H,6-8H2,1-5H3,(H,16,17)/t9-,10+,11?/m1/s1. The third-order valence-corrected chi connectivity index (χ3v) is 4.73. The van der Waals surface area contributed by atoms with E-state index < -0.39 is 17.5 Å². The number of nitrogens with zero attached hydrogens (tertiary/aromatic N) is 1. The molecule has 0 radical (unpaired) electrons. The van der Waals surface area contributed by atoms with Gasteiger partial charge in [0.2, 0.25) is 0 Å². The summed E-state index contributed by atoms with van der Waals surface area (Å²) in [7, 11) is 0. The second kappa shape index (κ2) is 6.70. The first-order chi connectivity index (χ1) is 9.17. The smallest absolute Gasteiger partial charge is 0.410 e. The summed E-state index contributed by atoms with van der Waals surface area (Å²) in [6, 6.07) is -0.0639. The topological polar surface area (TPSA) is 66.8 Å². The van der Waals surface area contributed by atoms with Gasteiger partial charge in [-0.3, -0.25) is 4.79 Å². The number of hydrogen-bond donors (Lipinski definition) is 1. The van der Waals surface area contributed by atoms with Crippen molar-refractivity contribution in [1.82, 2.24) is 4.90 Å². The molecule has 6 heteroatoms. The molecule has 3 atom stereocenters. The zero-order valence-corrected chi connectivity index (χ0v) is 13.7. The molecule has 1 fully saturated rings. The van der Waals surface area contributed by atoms with Gasteiger partial charge in [0, 0.05) is 17.8 Å². The summed E-state index contributed by atoms with van der Waals surface area (Å²) in [6.07, 6.45) is 3.29. The van der Waals surface area contributed by atoms with E-state index in [2.05, 4.69) is 0 Å². The monoisotopic (exact) mass is 303 g/mol. The summed E-state index contributed by atoms with van der Waals surface area (Å²) in [5.41, 5.74) is -0.530. The maximum absolute atomic E-state index is 12.2. The number of hydrogen-bond acceptors (Lipinski definition) is 4. The van der Waals surface area contributed by atoms with Crippen molar-refractivity contribution in [2.45, 2.75) is 57.4 Å². The molecule has 0 saturated carbocycles. The van der Waals surface area contributed by atoms with Crippen LogP contribution in [0, 0.1) is 5.92 Å². The van der Waals surface area contributed by atoms with Crippen LogP contribution in [0.2, 0.25) is 0 Å². The van der Waals surface area contributed by atoms with Crippen LogP contribution >= 0.6 is 11.8 Å². The second-order valence-corrected chi connectivity index (χ2v) is 7.23. The zero-order chi connectivity index (χ0) is 15.5. The van der Waals surface area contributed by atoms with Crippen molar-refractivity contribution in [3.63, 3.8) is 0 Å². The minimum atomic E-state index is -0.819. The molecule has 1 amide bonds. The maximum atomic E-state index is 12.2. The number of rotatable bonds is 4. The third-order valence-electron chi connectivity index (χ3n) is 3.46. The van der Waals surface area contributed by atoms with Crippen molar-refractivity contribution in [3.05, 3.63) is 0 Å². The molecule has 0 bridgehead atoms. The molecule has 0 aromatic heterocycles. The van der Waals surface area contributed by atoms with Crippen molar-refractivity contribution < 1.29 is 19.4 Å². The van der Waals surface area contributed by atoms with Gasteiger partial charge in [-0.15, -0.1) is 0 Å². The molecule has 1 heterocycles. The van der Waals surface area contributed by atoms with Crippen LogP contribution < -0.4 is 0 Å². The molecule has 0 aliphatic carbocycles. The van der Waals surface area contributed by atoms with Gasteiger partial charge < -0.3 is 14.7 Å². The first-order valence-electron chi connectivity index (χ1n) is 6.92. The predicted octanol–water partition coefficient (Wildman–Crippen LogP) is 2.84. The van der Waals surface area contributed by atoms with Gasteiger partial charge in [0.15, 0.2) is 0 Å². The van der Waals surface area contributed by atoms with E-state index in [1.54, 1.807) is 11.8 Å². The molecule has 5 nitrogen and oxygen atoms in total. The van der Waals surface area contributed by atoms with E-state index in [0.717, 1.165) is 12.8 Å². The Balaban J connectivity index is 2.82. The van der Waals surface area contributed by atoms with E-state index >= 15 is 0 Å². The number of thioether (sulfide) groups is 1. The Kier molecular flexibility index (Phi) is 5.74. The highest BCUT2D eigenvalue weighted by Crippen LogP contribution is 2.32. The summed E-state index contributed by atoms with van der Waals surface area (Å²) in [5, 5.41) is 9.10. The molecule has 1 aliphatic heterocycles. The van der Waals surface area contributed by atoms with Crippen LogP contribution in [0.1, 0.15) is 40.5 Å². The Bertz CT molecular complexity index is 367. The first-order valence-corrected chi connectivity index (χ1v) is 8.21. The van der Waals surface area contributed by atoms with Gasteiger partial charge in [0.25, 0.3) is 0 Å². The average molecular weight is 303 g/mol. The van der Waals surface area contributed by atoms with E-state index in [-0.39, 0.29) is 17.4 Å².